The Bertz CT molecular complexity index is 913. The predicted molar refractivity (Wildman–Crippen MR) is 105 cm³/mol. The molecule has 2 aromatic carbocycles. The Kier molecular flexibility index (Phi) is 5.16. The first kappa shape index (κ1) is 17.7. The number of aromatic nitrogens is 2. The van der Waals surface area contributed by atoms with Crippen LogP contribution in [-0.4, -0.2) is 27.4 Å². The summed E-state index contributed by atoms with van der Waals surface area (Å²) in [6.45, 7) is 0. The quantitative estimate of drug-likeness (QED) is 0.652. The third-order valence-electron chi connectivity index (χ3n) is 4.76. The average Bonchev–Trinajstić information content (AvgIpc) is 3.20. The number of carboxylic acid groups (broad SMARTS) is 1. The van der Waals surface area contributed by atoms with Crippen LogP contribution in [0, 0.1) is 0 Å². The molecule has 0 atom stereocenters. The number of rotatable bonds is 5. The van der Waals surface area contributed by atoms with E-state index >= 15 is 0 Å². The molecule has 0 saturated heterocycles. The minimum absolute atomic E-state index is 0.261. The molecule has 1 N–H and O–H groups in total. The zero-order chi connectivity index (χ0) is 18.6. The summed E-state index contributed by atoms with van der Waals surface area (Å²) in [5.41, 5.74) is 2.12. The van der Waals surface area contributed by atoms with Crippen molar-refractivity contribution in [2.45, 2.75) is 38.2 Å². The van der Waals surface area contributed by atoms with Crippen LogP contribution in [-0.2, 0) is 0 Å². The Morgan fingerprint density at radius 2 is 1.44 bits per heavy atom. The molecular weight excluding hydrogens is 360 g/mol. The Labute approximate surface area is 161 Å². The van der Waals surface area contributed by atoms with Crippen LogP contribution >= 0.6 is 11.3 Å². The third kappa shape index (κ3) is 4.17. The van der Waals surface area contributed by atoms with Crippen LogP contribution < -0.4 is 4.74 Å². The SMILES string of the molecule is O=C(O)c1ccc(-c2nnc(-c3ccc(OC4CCCCC4)cc3)s2)cc1. The zero-order valence-corrected chi connectivity index (χ0v) is 15.6. The predicted octanol–water partition coefficient (Wildman–Crippen LogP) is 5.28. The number of aromatic carboxylic acids is 1. The summed E-state index contributed by atoms with van der Waals surface area (Å²) in [7, 11) is 0. The summed E-state index contributed by atoms with van der Waals surface area (Å²) in [5, 5.41) is 19.1. The molecule has 1 fully saturated rings. The number of nitrogens with zero attached hydrogens (tertiary/aromatic N) is 2. The number of carboxylic acids is 1. The average molecular weight is 380 g/mol. The van der Waals surface area contributed by atoms with Crippen molar-refractivity contribution in [3.8, 4) is 26.9 Å². The Hall–Kier alpha value is -2.73. The topological polar surface area (TPSA) is 72.3 Å². The fourth-order valence-electron chi connectivity index (χ4n) is 3.26. The fraction of sp³-hybridized carbons (Fsp3) is 0.286. The highest BCUT2D eigenvalue weighted by Crippen LogP contribution is 2.31. The monoisotopic (exact) mass is 380 g/mol. The van der Waals surface area contributed by atoms with Crippen molar-refractivity contribution in [2.24, 2.45) is 0 Å². The van der Waals surface area contributed by atoms with Crippen molar-refractivity contribution >= 4 is 17.3 Å². The van der Waals surface area contributed by atoms with Gasteiger partial charge in [-0.05, 0) is 62.1 Å². The summed E-state index contributed by atoms with van der Waals surface area (Å²) >= 11 is 1.48. The lowest BCUT2D eigenvalue weighted by Crippen LogP contribution is -2.19. The van der Waals surface area contributed by atoms with Crippen molar-refractivity contribution in [1.82, 2.24) is 10.2 Å². The van der Waals surface area contributed by atoms with Gasteiger partial charge in [0.05, 0.1) is 11.7 Å². The zero-order valence-electron chi connectivity index (χ0n) is 14.8. The molecule has 1 saturated carbocycles. The van der Waals surface area contributed by atoms with E-state index in [1.165, 1.54) is 30.6 Å². The highest BCUT2D eigenvalue weighted by molar-refractivity contribution is 7.17. The molecule has 4 rings (SSSR count). The minimum Gasteiger partial charge on any atom is -0.490 e. The van der Waals surface area contributed by atoms with Crippen LogP contribution in [0.2, 0.25) is 0 Å². The second-order valence-electron chi connectivity index (χ2n) is 6.70. The maximum Gasteiger partial charge on any atom is 0.335 e. The lowest BCUT2D eigenvalue weighted by atomic mass is 9.98. The number of ether oxygens (including phenoxy) is 1. The van der Waals surface area contributed by atoms with Crippen molar-refractivity contribution < 1.29 is 14.6 Å². The van der Waals surface area contributed by atoms with Crippen LogP contribution in [0.4, 0.5) is 0 Å². The van der Waals surface area contributed by atoms with Gasteiger partial charge in [-0.2, -0.15) is 0 Å². The van der Waals surface area contributed by atoms with Gasteiger partial charge in [-0.3, -0.25) is 0 Å². The van der Waals surface area contributed by atoms with Gasteiger partial charge in [-0.15, -0.1) is 10.2 Å². The maximum absolute atomic E-state index is 11.0. The summed E-state index contributed by atoms with van der Waals surface area (Å²) in [4.78, 5) is 11.0. The summed E-state index contributed by atoms with van der Waals surface area (Å²) in [6, 6.07) is 14.7. The van der Waals surface area contributed by atoms with E-state index in [0.29, 0.717) is 6.10 Å². The van der Waals surface area contributed by atoms with E-state index in [1.807, 2.05) is 24.3 Å². The lowest BCUT2D eigenvalue weighted by Gasteiger charge is -2.22. The van der Waals surface area contributed by atoms with E-state index in [-0.39, 0.29) is 5.56 Å². The molecule has 0 spiro atoms. The summed E-state index contributed by atoms with van der Waals surface area (Å²) < 4.78 is 6.07. The van der Waals surface area contributed by atoms with Gasteiger partial charge < -0.3 is 9.84 Å². The molecule has 0 aliphatic heterocycles. The molecule has 1 aliphatic rings. The Balaban J connectivity index is 1.46. The Morgan fingerprint density at radius 3 is 2.00 bits per heavy atom. The van der Waals surface area contributed by atoms with E-state index in [4.69, 9.17) is 9.84 Å². The normalized spacial score (nSPS) is 14.8. The minimum atomic E-state index is -0.935. The van der Waals surface area contributed by atoms with E-state index in [0.717, 1.165) is 39.7 Å². The lowest BCUT2D eigenvalue weighted by molar-refractivity contribution is 0.0697. The molecule has 138 valence electrons. The van der Waals surface area contributed by atoms with Crippen molar-refractivity contribution in [1.29, 1.82) is 0 Å². The maximum atomic E-state index is 11.0. The van der Waals surface area contributed by atoms with Gasteiger partial charge in [0.15, 0.2) is 0 Å². The van der Waals surface area contributed by atoms with Crippen LogP contribution in [0.25, 0.3) is 21.1 Å². The first-order chi connectivity index (χ1) is 13.2. The molecule has 1 aliphatic carbocycles. The molecular formula is C21H20N2O3S. The number of carbonyl (C=O) groups is 1. The van der Waals surface area contributed by atoms with Gasteiger partial charge in [-0.25, -0.2) is 4.79 Å². The molecule has 27 heavy (non-hydrogen) atoms. The summed E-state index contributed by atoms with van der Waals surface area (Å²) in [5.74, 6) is -0.0327. The molecule has 0 unspecified atom stereocenters. The molecule has 0 bridgehead atoms. The van der Waals surface area contributed by atoms with Crippen LogP contribution in [0.5, 0.6) is 5.75 Å². The molecule has 1 heterocycles. The molecule has 0 radical (unpaired) electrons. The Morgan fingerprint density at radius 1 is 0.889 bits per heavy atom. The second-order valence-corrected chi connectivity index (χ2v) is 7.67. The van der Waals surface area contributed by atoms with Gasteiger partial charge >= 0.3 is 5.97 Å². The standard InChI is InChI=1S/C21H20N2O3S/c24-21(25)16-8-6-14(7-9-16)19-22-23-20(27-19)15-10-12-18(13-11-15)26-17-4-2-1-3-5-17/h6-13,17H,1-5H2,(H,24,25). The van der Waals surface area contributed by atoms with E-state index in [1.54, 1.807) is 24.3 Å². The van der Waals surface area contributed by atoms with Crippen LogP contribution in [0.1, 0.15) is 42.5 Å². The van der Waals surface area contributed by atoms with Gasteiger partial charge in [0, 0.05) is 11.1 Å². The van der Waals surface area contributed by atoms with Crippen LogP contribution in [0.3, 0.4) is 0 Å². The smallest absolute Gasteiger partial charge is 0.335 e. The number of hydrogen-bond donors (Lipinski definition) is 1. The molecule has 6 heteroatoms. The highest BCUT2D eigenvalue weighted by atomic mass is 32.1. The first-order valence-electron chi connectivity index (χ1n) is 9.13. The number of benzene rings is 2. The van der Waals surface area contributed by atoms with E-state index < -0.39 is 5.97 Å². The highest BCUT2D eigenvalue weighted by Gasteiger charge is 2.15. The van der Waals surface area contributed by atoms with Crippen LogP contribution in [0.15, 0.2) is 48.5 Å². The summed E-state index contributed by atoms with van der Waals surface area (Å²) in [6.07, 6.45) is 6.45. The fourth-order valence-corrected chi connectivity index (χ4v) is 4.12. The van der Waals surface area contributed by atoms with Gasteiger partial charge in [0.2, 0.25) is 0 Å². The van der Waals surface area contributed by atoms with Crippen molar-refractivity contribution in [3.63, 3.8) is 0 Å². The molecule has 3 aromatic rings. The first-order valence-corrected chi connectivity index (χ1v) is 9.95. The molecule has 0 amide bonds. The molecule has 5 nitrogen and oxygen atoms in total. The van der Waals surface area contributed by atoms with Gasteiger partial charge in [0.25, 0.3) is 0 Å². The largest absolute Gasteiger partial charge is 0.490 e. The van der Waals surface area contributed by atoms with E-state index in [2.05, 4.69) is 10.2 Å². The van der Waals surface area contributed by atoms with Gasteiger partial charge in [0.1, 0.15) is 15.8 Å². The van der Waals surface area contributed by atoms with Crippen molar-refractivity contribution in [3.05, 3.63) is 54.1 Å². The van der Waals surface area contributed by atoms with E-state index in [9.17, 15) is 4.79 Å². The number of hydrogen-bond acceptors (Lipinski definition) is 5. The van der Waals surface area contributed by atoms with Gasteiger partial charge in [-0.1, -0.05) is 29.9 Å². The van der Waals surface area contributed by atoms with Crippen molar-refractivity contribution in [2.75, 3.05) is 0 Å². The second kappa shape index (κ2) is 7.88. The third-order valence-corrected chi connectivity index (χ3v) is 5.78. The molecule has 1 aromatic heterocycles.